The van der Waals surface area contributed by atoms with E-state index in [0.29, 0.717) is 38.2 Å². The molecule has 1 N–H and O–H groups in total. The number of carboxylic acids is 1. The number of likely N-dealkylation sites (tertiary alicyclic amines) is 1. The number of esters is 1. The molecule has 1 aromatic heterocycles. The Labute approximate surface area is 134 Å². The van der Waals surface area contributed by atoms with Gasteiger partial charge in [0, 0.05) is 19.3 Å². The molecule has 0 saturated carbocycles. The maximum atomic E-state index is 12.4. The highest BCUT2D eigenvalue weighted by molar-refractivity contribution is 5.92. The van der Waals surface area contributed by atoms with Crippen LogP contribution in [0.15, 0.2) is 12.3 Å². The monoisotopic (exact) mass is 323 g/mol. The van der Waals surface area contributed by atoms with Gasteiger partial charge in [-0.3, -0.25) is 19.1 Å². The van der Waals surface area contributed by atoms with Gasteiger partial charge in [-0.1, -0.05) is 0 Å². The number of aromatic nitrogens is 2. The number of ether oxygens (including phenoxy) is 1. The number of amides is 1. The van der Waals surface area contributed by atoms with E-state index in [4.69, 9.17) is 9.84 Å². The van der Waals surface area contributed by atoms with Crippen molar-refractivity contribution in [1.82, 2.24) is 14.7 Å². The lowest BCUT2D eigenvalue weighted by Crippen LogP contribution is -2.40. The van der Waals surface area contributed by atoms with E-state index in [1.54, 1.807) is 24.1 Å². The normalized spacial score (nSPS) is 15.4. The van der Waals surface area contributed by atoms with Crippen LogP contribution in [0.4, 0.5) is 0 Å². The molecule has 1 amide bonds. The summed E-state index contributed by atoms with van der Waals surface area (Å²) < 4.78 is 6.46. The number of rotatable bonds is 6. The summed E-state index contributed by atoms with van der Waals surface area (Å²) in [5, 5.41) is 12.8. The van der Waals surface area contributed by atoms with Crippen molar-refractivity contribution in [3.05, 3.63) is 18.0 Å². The van der Waals surface area contributed by atoms with Gasteiger partial charge in [0.15, 0.2) is 0 Å². The van der Waals surface area contributed by atoms with E-state index in [9.17, 15) is 14.4 Å². The van der Waals surface area contributed by atoms with E-state index < -0.39 is 5.97 Å². The molecule has 23 heavy (non-hydrogen) atoms. The maximum Gasteiger partial charge on any atom is 0.309 e. The molecule has 0 radical (unpaired) electrons. The molecule has 2 heterocycles. The first kappa shape index (κ1) is 17.0. The Morgan fingerprint density at radius 3 is 2.65 bits per heavy atom. The fourth-order valence-corrected chi connectivity index (χ4v) is 2.55. The fourth-order valence-electron chi connectivity index (χ4n) is 2.55. The van der Waals surface area contributed by atoms with Gasteiger partial charge in [-0.15, -0.1) is 0 Å². The molecule has 1 fully saturated rings. The highest BCUT2D eigenvalue weighted by Crippen LogP contribution is 2.20. The van der Waals surface area contributed by atoms with E-state index in [2.05, 4.69) is 5.10 Å². The van der Waals surface area contributed by atoms with Crippen molar-refractivity contribution in [3.63, 3.8) is 0 Å². The van der Waals surface area contributed by atoms with Gasteiger partial charge < -0.3 is 14.7 Å². The van der Waals surface area contributed by atoms with Crippen molar-refractivity contribution in [2.75, 3.05) is 19.7 Å². The number of piperidine rings is 1. The van der Waals surface area contributed by atoms with Gasteiger partial charge in [0.25, 0.3) is 5.91 Å². The molecule has 2 rings (SSSR count). The minimum atomic E-state index is -0.908. The van der Waals surface area contributed by atoms with Crippen LogP contribution in [0.2, 0.25) is 0 Å². The van der Waals surface area contributed by atoms with Crippen molar-refractivity contribution in [2.24, 2.45) is 5.92 Å². The maximum absolute atomic E-state index is 12.4. The SMILES string of the molecule is CCOC(=O)C1CCN(C(=O)c2ccn(CCC(=O)O)n2)CC1. The molecule has 0 unspecified atom stereocenters. The third kappa shape index (κ3) is 4.54. The molecule has 8 heteroatoms. The first-order valence-corrected chi connectivity index (χ1v) is 7.72. The van der Waals surface area contributed by atoms with Crippen LogP contribution in [0.25, 0.3) is 0 Å². The average Bonchev–Trinajstić information content (AvgIpc) is 3.01. The lowest BCUT2D eigenvalue weighted by Gasteiger charge is -2.30. The minimum absolute atomic E-state index is 0.0414. The lowest BCUT2D eigenvalue weighted by molar-refractivity contribution is -0.149. The van der Waals surface area contributed by atoms with Gasteiger partial charge in [-0.25, -0.2) is 0 Å². The van der Waals surface area contributed by atoms with Crippen LogP contribution in [-0.2, 0) is 20.9 Å². The summed E-state index contributed by atoms with van der Waals surface area (Å²) in [6.07, 6.45) is 2.73. The number of carbonyl (C=O) groups excluding carboxylic acids is 2. The lowest BCUT2D eigenvalue weighted by atomic mass is 9.97. The highest BCUT2D eigenvalue weighted by Gasteiger charge is 2.29. The van der Waals surface area contributed by atoms with E-state index in [1.165, 1.54) is 4.68 Å². The Bertz CT molecular complexity index is 575. The summed E-state index contributed by atoms with van der Waals surface area (Å²) in [7, 11) is 0. The summed E-state index contributed by atoms with van der Waals surface area (Å²) in [4.78, 5) is 36.3. The zero-order valence-electron chi connectivity index (χ0n) is 13.1. The molecule has 0 aliphatic carbocycles. The summed E-state index contributed by atoms with van der Waals surface area (Å²) >= 11 is 0. The van der Waals surface area contributed by atoms with Crippen molar-refractivity contribution in [1.29, 1.82) is 0 Å². The summed E-state index contributed by atoms with van der Waals surface area (Å²) in [6, 6.07) is 1.58. The first-order chi connectivity index (χ1) is 11.0. The predicted molar refractivity (Wildman–Crippen MR) is 79.7 cm³/mol. The molecule has 1 aliphatic rings. The van der Waals surface area contributed by atoms with E-state index in [1.807, 2.05) is 0 Å². The highest BCUT2D eigenvalue weighted by atomic mass is 16.5. The van der Waals surface area contributed by atoms with Crippen LogP contribution in [0.5, 0.6) is 0 Å². The van der Waals surface area contributed by atoms with Gasteiger partial charge in [0.2, 0.25) is 0 Å². The fraction of sp³-hybridized carbons (Fsp3) is 0.600. The summed E-state index contributed by atoms with van der Waals surface area (Å²) in [5.41, 5.74) is 0.296. The second-order valence-corrected chi connectivity index (χ2v) is 5.43. The number of carboxylic acid groups (broad SMARTS) is 1. The van der Waals surface area contributed by atoms with Gasteiger partial charge in [-0.2, -0.15) is 5.10 Å². The Kier molecular flexibility index (Phi) is 5.72. The van der Waals surface area contributed by atoms with Crippen LogP contribution in [0.1, 0.15) is 36.7 Å². The molecule has 0 spiro atoms. The number of hydrogen-bond donors (Lipinski definition) is 1. The van der Waals surface area contributed by atoms with E-state index in [-0.39, 0.29) is 30.8 Å². The first-order valence-electron chi connectivity index (χ1n) is 7.72. The van der Waals surface area contributed by atoms with Crippen LogP contribution < -0.4 is 0 Å². The van der Waals surface area contributed by atoms with Crippen LogP contribution in [0.3, 0.4) is 0 Å². The van der Waals surface area contributed by atoms with Gasteiger partial charge >= 0.3 is 11.9 Å². The minimum Gasteiger partial charge on any atom is -0.481 e. The molecule has 0 atom stereocenters. The standard InChI is InChI=1S/C15H21N3O5/c1-2-23-15(22)11-3-7-17(8-4-11)14(21)12-5-9-18(16-12)10-6-13(19)20/h5,9,11H,2-4,6-8,10H2,1H3,(H,19,20). The molecule has 0 aromatic carbocycles. The number of aliphatic carboxylic acids is 1. The number of carbonyl (C=O) groups is 3. The van der Waals surface area contributed by atoms with Crippen molar-refractivity contribution in [3.8, 4) is 0 Å². The predicted octanol–water partition coefficient (Wildman–Crippen LogP) is 0.773. The largest absolute Gasteiger partial charge is 0.481 e. The van der Waals surface area contributed by atoms with Crippen LogP contribution in [-0.4, -0.2) is 57.3 Å². The summed E-state index contributed by atoms with van der Waals surface area (Å²) in [6.45, 7) is 3.35. The molecule has 126 valence electrons. The number of hydrogen-bond acceptors (Lipinski definition) is 5. The van der Waals surface area contributed by atoms with Crippen molar-refractivity contribution < 1.29 is 24.2 Å². The van der Waals surface area contributed by atoms with Crippen LogP contribution >= 0.6 is 0 Å². The third-order valence-electron chi connectivity index (χ3n) is 3.82. The molecule has 0 bridgehead atoms. The Hall–Kier alpha value is -2.38. The van der Waals surface area contributed by atoms with Gasteiger partial charge in [0.1, 0.15) is 5.69 Å². The number of aryl methyl sites for hydroxylation is 1. The molecule has 8 nitrogen and oxygen atoms in total. The molecule has 1 aliphatic heterocycles. The molecular weight excluding hydrogens is 302 g/mol. The Balaban J connectivity index is 1.87. The Morgan fingerprint density at radius 2 is 2.04 bits per heavy atom. The second kappa shape index (κ2) is 7.75. The van der Waals surface area contributed by atoms with Crippen molar-refractivity contribution >= 4 is 17.8 Å². The molecular formula is C15H21N3O5. The van der Waals surface area contributed by atoms with E-state index >= 15 is 0 Å². The van der Waals surface area contributed by atoms with E-state index in [0.717, 1.165) is 0 Å². The summed E-state index contributed by atoms with van der Waals surface area (Å²) in [5.74, 6) is -1.44. The van der Waals surface area contributed by atoms with Gasteiger partial charge in [0.05, 0.1) is 25.5 Å². The smallest absolute Gasteiger partial charge is 0.309 e. The molecule has 1 aromatic rings. The quantitative estimate of drug-likeness (QED) is 0.776. The average molecular weight is 323 g/mol. The van der Waals surface area contributed by atoms with Gasteiger partial charge in [-0.05, 0) is 25.8 Å². The zero-order valence-corrected chi connectivity index (χ0v) is 13.1. The third-order valence-corrected chi connectivity index (χ3v) is 3.82. The Morgan fingerprint density at radius 1 is 1.35 bits per heavy atom. The second-order valence-electron chi connectivity index (χ2n) is 5.43. The molecule has 1 saturated heterocycles. The topological polar surface area (TPSA) is 102 Å². The van der Waals surface area contributed by atoms with Crippen molar-refractivity contribution in [2.45, 2.75) is 32.7 Å². The zero-order chi connectivity index (χ0) is 16.8. The number of nitrogens with zero attached hydrogens (tertiary/aromatic N) is 3. The van der Waals surface area contributed by atoms with Crippen LogP contribution in [0, 0.1) is 5.92 Å².